The van der Waals surface area contributed by atoms with Crippen molar-refractivity contribution in [3.8, 4) is 0 Å². The number of nitrogens with zero attached hydrogens (tertiary/aromatic N) is 2. The van der Waals surface area contributed by atoms with Gasteiger partial charge in [0, 0.05) is 37.4 Å². The van der Waals surface area contributed by atoms with Crippen molar-refractivity contribution in [2.75, 3.05) is 13.1 Å². The summed E-state index contributed by atoms with van der Waals surface area (Å²) in [6, 6.07) is 4.71. The molecule has 2 heterocycles. The Morgan fingerprint density at radius 1 is 1.53 bits per heavy atom. The highest BCUT2D eigenvalue weighted by molar-refractivity contribution is 5.18. The van der Waals surface area contributed by atoms with Gasteiger partial charge in [-0.1, -0.05) is 6.07 Å². The van der Waals surface area contributed by atoms with Crippen LogP contribution in [0.2, 0.25) is 0 Å². The van der Waals surface area contributed by atoms with Crippen LogP contribution in [0.25, 0.3) is 0 Å². The molecule has 0 aromatic carbocycles. The van der Waals surface area contributed by atoms with Gasteiger partial charge in [0.05, 0.1) is 5.69 Å². The SMILES string of the molecule is Cc1cccnc1CN1CC(C)NCC1(C)C. The highest BCUT2D eigenvalue weighted by Gasteiger charge is 2.32. The summed E-state index contributed by atoms with van der Waals surface area (Å²) >= 11 is 0. The van der Waals surface area contributed by atoms with E-state index in [4.69, 9.17) is 0 Å². The first-order valence-electron chi connectivity index (χ1n) is 6.38. The minimum absolute atomic E-state index is 0.205. The van der Waals surface area contributed by atoms with Gasteiger partial charge < -0.3 is 5.32 Å². The minimum Gasteiger partial charge on any atom is -0.311 e. The summed E-state index contributed by atoms with van der Waals surface area (Å²) in [5.74, 6) is 0. The minimum atomic E-state index is 0.205. The maximum atomic E-state index is 4.50. The van der Waals surface area contributed by atoms with Gasteiger partial charge in [0.1, 0.15) is 0 Å². The third-order valence-electron chi connectivity index (χ3n) is 3.69. The quantitative estimate of drug-likeness (QED) is 0.846. The molecule has 0 saturated carbocycles. The number of aromatic nitrogens is 1. The van der Waals surface area contributed by atoms with Gasteiger partial charge >= 0.3 is 0 Å². The molecule has 1 atom stereocenters. The Kier molecular flexibility index (Phi) is 3.50. The molecule has 1 fully saturated rings. The summed E-state index contributed by atoms with van der Waals surface area (Å²) in [4.78, 5) is 7.03. The zero-order valence-electron chi connectivity index (χ0n) is 11.3. The topological polar surface area (TPSA) is 28.2 Å². The van der Waals surface area contributed by atoms with Crippen LogP contribution in [0.1, 0.15) is 32.0 Å². The van der Waals surface area contributed by atoms with Gasteiger partial charge in [-0.3, -0.25) is 9.88 Å². The average Bonchev–Trinajstić information content (AvgIpc) is 2.27. The molecule has 0 amide bonds. The molecule has 1 aliphatic heterocycles. The second kappa shape index (κ2) is 4.75. The van der Waals surface area contributed by atoms with Gasteiger partial charge in [-0.25, -0.2) is 0 Å². The predicted molar refractivity (Wildman–Crippen MR) is 70.9 cm³/mol. The van der Waals surface area contributed by atoms with Gasteiger partial charge in [0.15, 0.2) is 0 Å². The first kappa shape index (κ1) is 12.5. The molecule has 17 heavy (non-hydrogen) atoms. The molecule has 1 unspecified atom stereocenters. The van der Waals surface area contributed by atoms with Crippen LogP contribution in [0, 0.1) is 6.92 Å². The Hall–Kier alpha value is -0.930. The van der Waals surface area contributed by atoms with Crippen LogP contribution < -0.4 is 5.32 Å². The normalized spacial score (nSPS) is 24.8. The van der Waals surface area contributed by atoms with Gasteiger partial charge in [-0.15, -0.1) is 0 Å². The molecule has 0 spiro atoms. The van der Waals surface area contributed by atoms with Crippen LogP contribution >= 0.6 is 0 Å². The molecular formula is C14H23N3. The Bertz CT molecular complexity index is 387. The van der Waals surface area contributed by atoms with E-state index in [2.05, 4.69) is 49.0 Å². The molecule has 1 saturated heterocycles. The van der Waals surface area contributed by atoms with E-state index in [9.17, 15) is 0 Å². The second-order valence-electron chi connectivity index (χ2n) is 5.74. The summed E-state index contributed by atoms with van der Waals surface area (Å²) in [6.07, 6.45) is 1.89. The number of rotatable bonds is 2. The summed E-state index contributed by atoms with van der Waals surface area (Å²) in [5, 5.41) is 3.54. The molecule has 94 valence electrons. The highest BCUT2D eigenvalue weighted by atomic mass is 15.3. The van der Waals surface area contributed by atoms with Gasteiger partial charge in [-0.2, -0.15) is 0 Å². The van der Waals surface area contributed by atoms with Crippen molar-refractivity contribution >= 4 is 0 Å². The number of piperazine rings is 1. The molecule has 0 aliphatic carbocycles. The van der Waals surface area contributed by atoms with E-state index < -0.39 is 0 Å². The number of aryl methyl sites for hydroxylation is 1. The Labute approximate surface area is 104 Å². The first-order valence-corrected chi connectivity index (χ1v) is 6.38. The molecule has 1 aliphatic rings. The van der Waals surface area contributed by atoms with Crippen molar-refractivity contribution in [1.29, 1.82) is 0 Å². The fourth-order valence-electron chi connectivity index (χ4n) is 2.32. The lowest BCUT2D eigenvalue weighted by Gasteiger charge is -2.45. The maximum absolute atomic E-state index is 4.50. The van der Waals surface area contributed by atoms with Crippen LogP contribution in [0.4, 0.5) is 0 Å². The lowest BCUT2D eigenvalue weighted by atomic mass is 9.97. The summed E-state index contributed by atoms with van der Waals surface area (Å²) in [5.41, 5.74) is 2.69. The van der Waals surface area contributed by atoms with Crippen LogP contribution in [0.15, 0.2) is 18.3 Å². The van der Waals surface area contributed by atoms with Gasteiger partial charge in [0.25, 0.3) is 0 Å². The maximum Gasteiger partial charge on any atom is 0.0573 e. The zero-order chi connectivity index (χ0) is 12.5. The number of hydrogen-bond donors (Lipinski definition) is 1. The number of hydrogen-bond acceptors (Lipinski definition) is 3. The molecule has 1 aromatic heterocycles. The smallest absolute Gasteiger partial charge is 0.0573 e. The van der Waals surface area contributed by atoms with E-state index in [0.29, 0.717) is 6.04 Å². The monoisotopic (exact) mass is 233 g/mol. The summed E-state index contributed by atoms with van der Waals surface area (Å²) < 4.78 is 0. The van der Waals surface area contributed by atoms with Crippen molar-refractivity contribution in [1.82, 2.24) is 15.2 Å². The number of nitrogens with one attached hydrogen (secondary N) is 1. The molecule has 2 rings (SSSR count). The molecule has 3 nitrogen and oxygen atoms in total. The molecule has 1 aromatic rings. The van der Waals surface area contributed by atoms with E-state index in [1.54, 1.807) is 0 Å². The van der Waals surface area contributed by atoms with Gasteiger partial charge in [-0.05, 0) is 39.3 Å². The van der Waals surface area contributed by atoms with Crippen molar-refractivity contribution in [2.24, 2.45) is 0 Å². The third kappa shape index (κ3) is 2.85. The molecule has 0 radical (unpaired) electrons. The largest absolute Gasteiger partial charge is 0.311 e. The zero-order valence-corrected chi connectivity index (χ0v) is 11.3. The lowest BCUT2D eigenvalue weighted by Crippen LogP contribution is -2.60. The summed E-state index contributed by atoms with van der Waals surface area (Å²) in [6.45, 7) is 12.1. The number of pyridine rings is 1. The van der Waals surface area contributed by atoms with Crippen molar-refractivity contribution < 1.29 is 0 Å². The van der Waals surface area contributed by atoms with Crippen molar-refractivity contribution in [2.45, 2.75) is 45.8 Å². The predicted octanol–water partition coefficient (Wildman–Crippen LogP) is 1.96. The van der Waals surface area contributed by atoms with E-state index in [-0.39, 0.29) is 5.54 Å². The van der Waals surface area contributed by atoms with Crippen LogP contribution in [0.3, 0.4) is 0 Å². The fraction of sp³-hybridized carbons (Fsp3) is 0.643. The van der Waals surface area contributed by atoms with Crippen LogP contribution in [0.5, 0.6) is 0 Å². The van der Waals surface area contributed by atoms with Gasteiger partial charge in [0.2, 0.25) is 0 Å². The van der Waals surface area contributed by atoms with Crippen LogP contribution in [-0.2, 0) is 6.54 Å². The Balaban J connectivity index is 2.14. The van der Waals surface area contributed by atoms with E-state index >= 15 is 0 Å². The Morgan fingerprint density at radius 2 is 2.29 bits per heavy atom. The molecule has 1 N–H and O–H groups in total. The van der Waals surface area contributed by atoms with Crippen LogP contribution in [-0.4, -0.2) is 34.6 Å². The molecular weight excluding hydrogens is 210 g/mol. The fourth-order valence-corrected chi connectivity index (χ4v) is 2.32. The molecule has 3 heteroatoms. The van der Waals surface area contributed by atoms with E-state index in [1.165, 1.54) is 11.3 Å². The van der Waals surface area contributed by atoms with Crippen molar-refractivity contribution in [3.05, 3.63) is 29.6 Å². The van der Waals surface area contributed by atoms with E-state index in [0.717, 1.165) is 19.6 Å². The van der Waals surface area contributed by atoms with Crippen molar-refractivity contribution in [3.63, 3.8) is 0 Å². The average molecular weight is 233 g/mol. The lowest BCUT2D eigenvalue weighted by molar-refractivity contribution is 0.0613. The van der Waals surface area contributed by atoms with E-state index in [1.807, 2.05) is 12.3 Å². The first-order chi connectivity index (χ1) is 7.99. The third-order valence-corrected chi connectivity index (χ3v) is 3.69. The highest BCUT2D eigenvalue weighted by Crippen LogP contribution is 2.21. The molecule has 0 bridgehead atoms. The Morgan fingerprint density at radius 3 is 3.00 bits per heavy atom. The standard InChI is InChI=1S/C14H23N3/c1-11-6-5-7-15-13(11)9-17-8-12(2)16-10-14(17,3)4/h5-7,12,16H,8-10H2,1-4H3. The second-order valence-corrected chi connectivity index (χ2v) is 5.74. The summed E-state index contributed by atoms with van der Waals surface area (Å²) in [7, 11) is 0.